The van der Waals surface area contributed by atoms with E-state index in [2.05, 4.69) is 40.0 Å². The number of thiocarbonyl (C=S) groups is 1. The van der Waals surface area contributed by atoms with Crippen molar-refractivity contribution in [2.75, 3.05) is 6.61 Å². The van der Waals surface area contributed by atoms with Gasteiger partial charge in [-0.25, -0.2) is 4.68 Å². The lowest BCUT2D eigenvalue weighted by Crippen LogP contribution is -2.39. The normalized spacial score (nSPS) is 25.2. The summed E-state index contributed by atoms with van der Waals surface area (Å²) in [5.74, 6) is 0. The van der Waals surface area contributed by atoms with Crippen molar-refractivity contribution in [2.45, 2.75) is 45.6 Å². The number of hydrogen-bond donors (Lipinski definition) is 2. The standard InChI is InChI=1S/C17H21N7O2S2/c1-8-4-9(2)14(10(3)5-8)24-17(28)23(21-22-24)12-6-11(19-20-16(18)27)15-25-7-13(12)26-15/h4-5,12-13,15H,6-7H2,1-3H3,(H3,18,20,27)/b19-11+/t12-,13+,15+/m0/s1. The molecule has 28 heavy (non-hydrogen) atoms. The van der Waals surface area contributed by atoms with Crippen LogP contribution in [0, 0.1) is 25.5 Å². The van der Waals surface area contributed by atoms with E-state index in [9.17, 15) is 0 Å². The number of hydrogen-bond acceptors (Lipinski definition) is 7. The summed E-state index contributed by atoms with van der Waals surface area (Å²) in [6, 6.07) is 4.03. The first kappa shape index (κ1) is 19.1. The van der Waals surface area contributed by atoms with Crippen LogP contribution in [0.2, 0.25) is 0 Å². The summed E-state index contributed by atoms with van der Waals surface area (Å²) in [5, 5.41) is 13.0. The van der Waals surface area contributed by atoms with Gasteiger partial charge >= 0.3 is 0 Å². The van der Waals surface area contributed by atoms with Crippen molar-refractivity contribution in [1.29, 1.82) is 0 Å². The number of aromatic nitrogens is 4. The van der Waals surface area contributed by atoms with E-state index in [0.29, 0.717) is 23.5 Å². The highest BCUT2D eigenvalue weighted by Crippen LogP contribution is 2.33. The molecule has 0 spiro atoms. The molecule has 0 amide bonds. The molecule has 2 saturated heterocycles. The van der Waals surface area contributed by atoms with E-state index in [1.807, 2.05) is 13.8 Å². The fourth-order valence-corrected chi connectivity index (χ4v) is 4.16. The van der Waals surface area contributed by atoms with Crippen LogP contribution in [0.3, 0.4) is 0 Å². The average Bonchev–Trinajstić information content (AvgIpc) is 3.19. The molecule has 1 aromatic heterocycles. The lowest BCUT2D eigenvalue weighted by atomic mass is 10.0. The number of tetrazole rings is 1. The molecule has 9 nitrogen and oxygen atoms in total. The van der Waals surface area contributed by atoms with E-state index >= 15 is 0 Å². The molecule has 2 bridgehead atoms. The van der Waals surface area contributed by atoms with Crippen molar-refractivity contribution in [3.05, 3.63) is 33.6 Å². The second-order valence-corrected chi connectivity index (χ2v) is 7.86. The van der Waals surface area contributed by atoms with Crippen molar-refractivity contribution in [1.82, 2.24) is 25.2 Å². The summed E-state index contributed by atoms with van der Waals surface area (Å²) >= 11 is 10.5. The molecule has 148 valence electrons. The lowest BCUT2D eigenvalue weighted by molar-refractivity contribution is -0.0324. The molecule has 4 rings (SSSR count). The van der Waals surface area contributed by atoms with Crippen molar-refractivity contribution >= 4 is 35.3 Å². The van der Waals surface area contributed by atoms with E-state index in [-0.39, 0.29) is 17.3 Å². The number of nitrogens with two attached hydrogens (primary N) is 1. The minimum Gasteiger partial charge on any atom is -0.375 e. The number of rotatable bonds is 3. The zero-order valence-electron chi connectivity index (χ0n) is 15.7. The van der Waals surface area contributed by atoms with Crippen LogP contribution in [0.4, 0.5) is 0 Å². The highest BCUT2D eigenvalue weighted by Gasteiger charge is 2.44. The molecule has 11 heteroatoms. The minimum absolute atomic E-state index is 0.0806. The van der Waals surface area contributed by atoms with Crippen LogP contribution in [0.1, 0.15) is 29.2 Å². The van der Waals surface area contributed by atoms with Crippen LogP contribution in [0.5, 0.6) is 0 Å². The summed E-state index contributed by atoms with van der Waals surface area (Å²) in [5.41, 5.74) is 13.0. The summed E-state index contributed by atoms with van der Waals surface area (Å²) in [7, 11) is 0. The Kier molecular flexibility index (Phi) is 5.00. The fourth-order valence-electron chi connectivity index (χ4n) is 3.82. The molecule has 1 aromatic carbocycles. The molecule has 3 heterocycles. The summed E-state index contributed by atoms with van der Waals surface area (Å²) < 4.78 is 15.5. The highest BCUT2D eigenvalue weighted by molar-refractivity contribution is 7.80. The van der Waals surface area contributed by atoms with Gasteiger partial charge in [0.2, 0.25) is 4.77 Å². The number of nitrogens with zero attached hydrogens (tertiary/aromatic N) is 5. The van der Waals surface area contributed by atoms with Gasteiger partial charge in [-0.3, -0.25) is 5.43 Å². The monoisotopic (exact) mass is 419 g/mol. The molecule has 3 atom stereocenters. The van der Waals surface area contributed by atoms with Gasteiger partial charge in [0.15, 0.2) is 11.4 Å². The maximum absolute atomic E-state index is 5.92. The molecular weight excluding hydrogens is 398 g/mol. The second kappa shape index (κ2) is 7.32. The van der Waals surface area contributed by atoms with E-state index in [4.69, 9.17) is 39.6 Å². The van der Waals surface area contributed by atoms with E-state index < -0.39 is 6.29 Å². The summed E-state index contributed by atoms with van der Waals surface area (Å²) in [4.78, 5) is 0. The molecular formula is C17H21N7O2S2. The van der Waals surface area contributed by atoms with E-state index in [1.165, 1.54) is 5.56 Å². The van der Waals surface area contributed by atoms with Crippen molar-refractivity contribution in [2.24, 2.45) is 10.8 Å². The Morgan fingerprint density at radius 2 is 2.00 bits per heavy atom. The Bertz CT molecular complexity index is 1010. The van der Waals surface area contributed by atoms with Crippen LogP contribution >= 0.6 is 24.4 Å². The van der Waals surface area contributed by atoms with Gasteiger partial charge in [-0.15, -0.1) is 0 Å². The third-order valence-electron chi connectivity index (χ3n) is 4.90. The SMILES string of the molecule is Cc1cc(C)c(-n2nnn([C@H]3C/C(=N\NC(N)=S)[C@@H]4OC[C@H]3O4)c2=S)c(C)c1. The summed E-state index contributed by atoms with van der Waals surface area (Å²) in [6.45, 7) is 6.58. The zero-order valence-corrected chi connectivity index (χ0v) is 17.4. The van der Waals surface area contributed by atoms with Crippen molar-refractivity contribution < 1.29 is 9.47 Å². The number of fused-ring (bicyclic) bond motifs is 2. The van der Waals surface area contributed by atoms with Crippen LogP contribution in [-0.4, -0.2) is 49.6 Å². The van der Waals surface area contributed by atoms with Gasteiger partial charge in [0.05, 0.1) is 24.0 Å². The maximum Gasteiger partial charge on any atom is 0.221 e. The van der Waals surface area contributed by atoms with Gasteiger partial charge in [0.25, 0.3) is 0 Å². The van der Waals surface area contributed by atoms with Gasteiger partial charge in [0, 0.05) is 6.42 Å². The Morgan fingerprint density at radius 3 is 2.68 bits per heavy atom. The first-order valence-electron chi connectivity index (χ1n) is 8.87. The Labute approximate surface area is 172 Å². The number of hydrazone groups is 1. The molecule has 0 aliphatic carbocycles. The largest absolute Gasteiger partial charge is 0.375 e. The highest BCUT2D eigenvalue weighted by atomic mass is 32.1. The van der Waals surface area contributed by atoms with E-state index in [0.717, 1.165) is 16.8 Å². The number of benzene rings is 1. The Hall–Kier alpha value is -2.21. The predicted octanol–water partition coefficient (Wildman–Crippen LogP) is 1.60. The average molecular weight is 420 g/mol. The first-order chi connectivity index (χ1) is 13.3. The number of nitrogens with one attached hydrogen (secondary N) is 1. The zero-order chi connectivity index (χ0) is 20.0. The van der Waals surface area contributed by atoms with Gasteiger partial charge < -0.3 is 15.2 Å². The third-order valence-corrected chi connectivity index (χ3v) is 5.36. The summed E-state index contributed by atoms with van der Waals surface area (Å²) in [6.07, 6.45) is -0.135. The Morgan fingerprint density at radius 1 is 1.29 bits per heavy atom. The second-order valence-electron chi connectivity index (χ2n) is 7.06. The molecule has 3 N–H and O–H groups in total. The predicted molar refractivity (Wildman–Crippen MR) is 110 cm³/mol. The van der Waals surface area contributed by atoms with Gasteiger partial charge in [-0.05, 0) is 66.8 Å². The quantitative estimate of drug-likeness (QED) is 0.571. The van der Waals surface area contributed by atoms with Crippen LogP contribution in [-0.2, 0) is 9.47 Å². The lowest BCUT2D eigenvalue weighted by Gasteiger charge is -2.27. The topological polar surface area (TPSA) is 105 Å². The molecule has 2 fully saturated rings. The smallest absolute Gasteiger partial charge is 0.221 e. The molecule has 2 aromatic rings. The van der Waals surface area contributed by atoms with Gasteiger partial charge in [-0.2, -0.15) is 9.78 Å². The number of ether oxygens (including phenoxy) is 2. The van der Waals surface area contributed by atoms with Crippen molar-refractivity contribution in [3.63, 3.8) is 0 Å². The molecule has 0 unspecified atom stereocenters. The maximum atomic E-state index is 5.92. The van der Waals surface area contributed by atoms with Crippen LogP contribution < -0.4 is 11.2 Å². The fraction of sp³-hybridized carbons (Fsp3) is 0.471. The molecule has 0 saturated carbocycles. The van der Waals surface area contributed by atoms with Gasteiger partial charge in [-0.1, -0.05) is 17.7 Å². The number of aryl methyl sites for hydroxylation is 3. The van der Waals surface area contributed by atoms with Gasteiger partial charge in [0.1, 0.15) is 6.10 Å². The van der Waals surface area contributed by atoms with Crippen molar-refractivity contribution in [3.8, 4) is 5.69 Å². The first-order valence-corrected chi connectivity index (χ1v) is 9.68. The third kappa shape index (κ3) is 3.34. The van der Waals surface area contributed by atoms with Crippen LogP contribution in [0.15, 0.2) is 17.2 Å². The molecule has 2 aliphatic rings. The molecule has 2 aliphatic heterocycles. The van der Waals surface area contributed by atoms with E-state index in [1.54, 1.807) is 9.36 Å². The Balaban J connectivity index is 1.71. The molecule has 0 radical (unpaired) electrons. The van der Waals surface area contributed by atoms with Crippen LogP contribution in [0.25, 0.3) is 5.69 Å². The minimum atomic E-state index is -0.506.